The van der Waals surface area contributed by atoms with Crippen LogP contribution >= 0.6 is 0 Å². The van der Waals surface area contributed by atoms with Crippen LogP contribution in [0.4, 0.5) is 5.82 Å². The summed E-state index contributed by atoms with van der Waals surface area (Å²) in [5.74, 6) is 3.35. The SMILES string of the molecule is Cc1nccn1-c1cncc(NCCCc2ccc(OC(C)C)cc2)n1. The molecule has 0 aliphatic rings. The molecular weight excluding hydrogens is 326 g/mol. The highest BCUT2D eigenvalue weighted by molar-refractivity contribution is 5.36. The Labute approximate surface area is 154 Å². The van der Waals surface area contributed by atoms with Gasteiger partial charge in [0.2, 0.25) is 0 Å². The first kappa shape index (κ1) is 17.9. The van der Waals surface area contributed by atoms with Crippen molar-refractivity contribution in [2.45, 2.75) is 39.7 Å². The Morgan fingerprint density at radius 2 is 1.96 bits per heavy atom. The van der Waals surface area contributed by atoms with Crippen molar-refractivity contribution in [1.29, 1.82) is 0 Å². The fourth-order valence-electron chi connectivity index (χ4n) is 2.69. The standard InChI is InChI=1S/C20H25N5O/c1-15(2)26-18-8-6-17(7-9-18)5-4-10-23-19-13-21-14-20(24-19)25-12-11-22-16(25)3/h6-9,11-15H,4-5,10H2,1-3H3,(H,23,24). The normalized spacial score (nSPS) is 10.9. The van der Waals surface area contributed by atoms with Crippen molar-refractivity contribution in [3.05, 3.63) is 60.4 Å². The molecule has 0 bridgehead atoms. The van der Waals surface area contributed by atoms with Gasteiger partial charge in [-0.05, 0) is 51.3 Å². The molecule has 0 spiro atoms. The van der Waals surface area contributed by atoms with Crippen LogP contribution in [-0.4, -0.2) is 32.2 Å². The van der Waals surface area contributed by atoms with Crippen molar-refractivity contribution in [3.8, 4) is 11.6 Å². The predicted octanol–water partition coefficient (Wildman–Crippen LogP) is 3.80. The summed E-state index contributed by atoms with van der Waals surface area (Å²) in [4.78, 5) is 13.1. The Morgan fingerprint density at radius 1 is 1.15 bits per heavy atom. The van der Waals surface area contributed by atoms with E-state index in [1.54, 1.807) is 18.6 Å². The van der Waals surface area contributed by atoms with Gasteiger partial charge in [0.15, 0.2) is 5.82 Å². The first-order valence-electron chi connectivity index (χ1n) is 8.93. The van der Waals surface area contributed by atoms with Crippen LogP contribution in [0.5, 0.6) is 5.75 Å². The second-order valence-electron chi connectivity index (χ2n) is 6.45. The highest BCUT2D eigenvalue weighted by Gasteiger charge is 2.04. The molecule has 0 saturated heterocycles. The molecule has 0 fully saturated rings. The van der Waals surface area contributed by atoms with E-state index in [0.29, 0.717) is 0 Å². The van der Waals surface area contributed by atoms with Gasteiger partial charge in [-0.1, -0.05) is 12.1 Å². The number of hydrogen-bond donors (Lipinski definition) is 1. The van der Waals surface area contributed by atoms with E-state index in [-0.39, 0.29) is 6.10 Å². The molecule has 2 aromatic heterocycles. The number of rotatable bonds is 8. The maximum absolute atomic E-state index is 5.67. The topological polar surface area (TPSA) is 64.9 Å². The van der Waals surface area contributed by atoms with Gasteiger partial charge in [0.1, 0.15) is 17.4 Å². The molecule has 0 atom stereocenters. The molecule has 1 aromatic carbocycles. The Bertz CT molecular complexity index is 826. The molecule has 136 valence electrons. The summed E-state index contributed by atoms with van der Waals surface area (Å²) in [5, 5.41) is 3.34. The minimum atomic E-state index is 0.202. The summed E-state index contributed by atoms with van der Waals surface area (Å²) in [5.41, 5.74) is 1.30. The van der Waals surface area contributed by atoms with Crippen LogP contribution in [0, 0.1) is 6.92 Å². The third-order valence-electron chi connectivity index (χ3n) is 3.94. The lowest BCUT2D eigenvalue weighted by molar-refractivity contribution is 0.242. The van der Waals surface area contributed by atoms with Crippen molar-refractivity contribution in [2.75, 3.05) is 11.9 Å². The average molecular weight is 351 g/mol. The van der Waals surface area contributed by atoms with Crippen LogP contribution < -0.4 is 10.1 Å². The number of nitrogens with one attached hydrogen (secondary N) is 1. The van der Waals surface area contributed by atoms with Crippen molar-refractivity contribution in [3.63, 3.8) is 0 Å². The van der Waals surface area contributed by atoms with E-state index in [2.05, 4.69) is 32.4 Å². The molecule has 6 heteroatoms. The Morgan fingerprint density at radius 3 is 2.65 bits per heavy atom. The number of hydrogen-bond acceptors (Lipinski definition) is 5. The van der Waals surface area contributed by atoms with E-state index < -0.39 is 0 Å². The molecule has 0 amide bonds. The molecule has 2 heterocycles. The summed E-state index contributed by atoms with van der Waals surface area (Å²) < 4.78 is 7.58. The van der Waals surface area contributed by atoms with Crippen LogP contribution in [-0.2, 0) is 6.42 Å². The second-order valence-corrected chi connectivity index (χ2v) is 6.45. The third kappa shape index (κ3) is 4.81. The van der Waals surface area contributed by atoms with Crippen LogP contribution in [0.25, 0.3) is 5.82 Å². The van der Waals surface area contributed by atoms with Crippen LogP contribution in [0.3, 0.4) is 0 Å². The number of aryl methyl sites for hydroxylation is 2. The lowest BCUT2D eigenvalue weighted by Crippen LogP contribution is -2.08. The summed E-state index contributed by atoms with van der Waals surface area (Å²) >= 11 is 0. The fourth-order valence-corrected chi connectivity index (χ4v) is 2.69. The number of aromatic nitrogens is 4. The minimum absolute atomic E-state index is 0.202. The number of benzene rings is 1. The van der Waals surface area contributed by atoms with Gasteiger partial charge in [-0.15, -0.1) is 0 Å². The van der Waals surface area contributed by atoms with E-state index in [1.807, 2.05) is 43.7 Å². The maximum Gasteiger partial charge on any atom is 0.159 e. The van der Waals surface area contributed by atoms with Gasteiger partial charge in [-0.3, -0.25) is 9.55 Å². The van der Waals surface area contributed by atoms with E-state index in [1.165, 1.54) is 5.56 Å². The molecular formula is C20H25N5O. The van der Waals surface area contributed by atoms with Crippen LogP contribution in [0.15, 0.2) is 49.1 Å². The zero-order chi connectivity index (χ0) is 18.4. The van der Waals surface area contributed by atoms with Gasteiger partial charge in [-0.2, -0.15) is 0 Å². The molecule has 3 rings (SSSR count). The highest BCUT2D eigenvalue weighted by atomic mass is 16.5. The fraction of sp³-hybridized carbons (Fsp3) is 0.350. The monoisotopic (exact) mass is 351 g/mol. The zero-order valence-electron chi connectivity index (χ0n) is 15.5. The molecule has 1 N–H and O–H groups in total. The molecule has 0 radical (unpaired) electrons. The van der Waals surface area contributed by atoms with Gasteiger partial charge < -0.3 is 10.1 Å². The molecule has 0 saturated carbocycles. The van der Waals surface area contributed by atoms with Crippen LogP contribution in [0.2, 0.25) is 0 Å². The van der Waals surface area contributed by atoms with Gasteiger partial charge in [0.05, 0.1) is 18.5 Å². The lowest BCUT2D eigenvalue weighted by Gasteiger charge is -2.10. The number of nitrogens with zero attached hydrogens (tertiary/aromatic N) is 4. The third-order valence-corrected chi connectivity index (χ3v) is 3.94. The summed E-state index contributed by atoms with van der Waals surface area (Å²) in [7, 11) is 0. The van der Waals surface area contributed by atoms with E-state index in [0.717, 1.165) is 42.6 Å². The predicted molar refractivity (Wildman–Crippen MR) is 103 cm³/mol. The minimum Gasteiger partial charge on any atom is -0.491 e. The van der Waals surface area contributed by atoms with Gasteiger partial charge in [0.25, 0.3) is 0 Å². The first-order chi connectivity index (χ1) is 12.6. The van der Waals surface area contributed by atoms with Crippen LogP contribution in [0.1, 0.15) is 31.7 Å². The first-order valence-corrected chi connectivity index (χ1v) is 8.93. The van der Waals surface area contributed by atoms with E-state index in [9.17, 15) is 0 Å². The summed E-state index contributed by atoms with van der Waals surface area (Å²) in [6.07, 6.45) is 9.34. The number of anilines is 1. The number of ether oxygens (including phenoxy) is 1. The molecule has 0 aliphatic carbocycles. The summed E-state index contributed by atoms with van der Waals surface area (Å²) in [6.45, 7) is 6.85. The average Bonchev–Trinajstić information content (AvgIpc) is 3.06. The Balaban J connectivity index is 1.49. The van der Waals surface area contributed by atoms with Gasteiger partial charge >= 0.3 is 0 Å². The Kier molecular flexibility index (Phi) is 5.84. The maximum atomic E-state index is 5.67. The van der Waals surface area contributed by atoms with Crippen molar-refractivity contribution in [1.82, 2.24) is 19.5 Å². The van der Waals surface area contributed by atoms with Crippen molar-refractivity contribution < 1.29 is 4.74 Å². The second kappa shape index (κ2) is 8.47. The zero-order valence-corrected chi connectivity index (χ0v) is 15.5. The Hall–Kier alpha value is -2.89. The quantitative estimate of drug-likeness (QED) is 0.625. The van der Waals surface area contributed by atoms with E-state index >= 15 is 0 Å². The lowest BCUT2D eigenvalue weighted by atomic mass is 10.1. The molecule has 6 nitrogen and oxygen atoms in total. The van der Waals surface area contributed by atoms with Crippen molar-refractivity contribution in [2.24, 2.45) is 0 Å². The molecule has 26 heavy (non-hydrogen) atoms. The van der Waals surface area contributed by atoms with Crippen molar-refractivity contribution >= 4 is 5.82 Å². The van der Waals surface area contributed by atoms with Gasteiger partial charge in [-0.25, -0.2) is 9.97 Å². The molecule has 0 unspecified atom stereocenters. The highest BCUT2D eigenvalue weighted by Crippen LogP contribution is 2.15. The molecule has 0 aliphatic heterocycles. The smallest absolute Gasteiger partial charge is 0.159 e. The number of imidazole rings is 1. The van der Waals surface area contributed by atoms with Gasteiger partial charge in [0, 0.05) is 18.9 Å². The molecule has 3 aromatic rings. The summed E-state index contributed by atoms with van der Waals surface area (Å²) in [6, 6.07) is 8.32. The largest absolute Gasteiger partial charge is 0.491 e. The van der Waals surface area contributed by atoms with E-state index in [4.69, 9.17) is 4.74 Å².